The Morgan fingerprint density at radius 2 is 2.03 bits per heavy atom. The van der Waals surface area contributed by atoms with Gasteiger partial charge in [0.2, 0.25) is 0 Å². The number of benzene rings is 1. The Bertz CT molecular complexity index is 1060. The SMILES string of the molecule is COc1ccc(OC)c(-c2nc3ccc([N+](=O)[O-])cn3c2CN2CCCNCC2)c1. The molecule has 2 aromatic heterocycles. The van der Waals surface area contributed by atoms with Crippen molar-refractivity contribution in [1.82, 2.24) is 19.6 Å². The normalized spacial score (nSPS) is 15.1. The minimum Gasteiger partial charge on any atom is -0.497 e. The van der Waals surface area contributed by atoms with Gasteiger partial charge in [0.25, 0.3) is 5.69 Å². The van der Waals surface area contributed by atoms with Crippen LogP contribution < -0.4 is 14.8 Å². The number of fused-ring (bicyclic) bond motifs is 1. The lowest BCUT2D eigenvalue weighted by molar-refractivity contribution is -0.385. The highest BCUT2D eigenvalue weighted by Crippen LogP contribution is 2.36. The van der Waals surface area contributed by atoms with Crippen molar-refractivity contribution in [1.29, 1.82) is 0 Å². The summed E-state index contributed by atoms with van der Waals surface area (Å²) in [6.45, 7) is 4.38. The Balaban J connectivity index is 1.89. The summed E-state index contributed by atoms with van der Waals surface area (Å²) in [6, 6.07) is 8.74. The first-order valence-corrected chi connectivity index (χ1v) is 9.91. The molecule has 30 heavy (non-hydrogen) atoms. The molecule has 1 fully saturated rings. The van der Waals surface area contributed by atoms with Crippen molar-refractivity contribution < 1.29 is 14.4 Å². The largest absolute Gasteiger partial charge is 0.497 e. The van der Waals surface area contributed by atoms with Gasteiger partial charge in [-0.2, -0.15) is 0 Å². The topological polar surface area (TPSA) is 94.2 Å². The third-order valence-electron chi connectivity index (χ3n) is 5.38. The van der Waals surface area contributed by atoms with Gasteiger partial charge in [-0.05, 0) is 43.8 Å². The van der Waals surface area contributed by atoms with Crippen LogP contribution in [0.5, 0.6) is 11.5 Å². The molecular formula is C21H25N5O4. The van der Waals surface area contributed by atoms with E-state index in [1.54, 1.807) is 26.5 Å². The quantitative estimate of drug-likeness (QED) is 0.492. The molecule has 3 aromatic rings. The van der Waals surface area contributed by atoms with Crippen LogP contribution in [0.3, 0.4) is 0 Å². The molecule has 0 spiro atoms. The van der Waals surface area contributed by atoms with Crippen molar-refractivity contribution in [2.75, 3.05) is 40.4 Å². The monoisotopic (exact) mass is 411 g/mol. The number of nitro groups is 1. The van der Waals surface area contributed by atoms with E-state index in [4.69, 9.17) is 14.5 Å². The summed E-state index contributed by atoms with van der Waals surface area (Å²) in [7, 11) is 3.23. The van der Waals surface area contributed by atoms with Gasteiger partial charge in [0.15, 0.2) is 0 Å². The number of methoxy groups -OCH3 is 2. The smallest absolute Gasteiger partial charge is 0.286 e. The second kappa shape index (κ2) is 8.68. The molecule has 0 aliphatic carbocycles. The number of imidazole rings is 1. The minimum absolute atomic E-state index is 0.0304. The van der Waals surface area contributed by atoms with E-state index in [0.29, 0.717) is 23.7 Å². The lowest BCUT2D eigenvalue weighted by atomic mass is 10.1. The summed E-state index contributed by atoms with van der Waals surface area (Å²) >= 11 is 0. The third kappa shape index (κ3) is 3.94. The molecule has 9 heteroatoms. The first kappa shape index (κ1) is 20.1. The molecule has 1 N–H and O–H groups in total. The van der Waals surface area contributed by atoms with Crippen molar-refractivity contribution in [3.8, 4) is 22.8 Å². The van der Waals surface area contributed by atoms with Crippen LogP contribution in [0.4, 0.5) is 5.69 Å². The Labute approximate surface area is 174 Å². The summed E-state index contributed by atoms with van der Waals surface area (Å²) in [6.07, 6.45) is 2.60. The van der Waals surface area contributed by atoms with E-state index in [0.717, 1.165) is 49.6 Å². The molecule has 1 saturated heterocycles. The number of nitrogens with zero attached hydrogens (tertiary/aromatic N) is 4. The van der Waals surface area contributed by atoms with Crippen LogP contribution in [0.1, 0.15) is 12.1 Å². The Morgan fingerprint density at radius 1 is 1.17 bits per heavy atom. The molecule has 1 aromatic carbocycles. The van der Waals surface area contributed by atoms with Crippen molar-refractivity contribution >= 4 is 11.3 Å². The number of pyridine rings is 1. The van der Waals surface area contributed by atoms with Gasteiger partial charge in [-0.25, -0.2) is 4.98 Å². The average Bonchev–Trinajstić information content (AvgIpc) is 2.92. The van der Waals surface area contributed by atoms with Crippen LogP contribution in [0, 0.1) is 10.1 Å². The number of nitrogens with one attached hydrogen (secondary N) is 1. The fraction of sp³-hybridized carbons (Fsp3) is 0.381. The van der Waals surface area contributed by atoms with Crippen LogP contribution in [-0.4, -0.2) is 59.6 Å². The van der Waals surface area contributed by atoms with E-state index in [1.807, 2.05) is 22.6 Å². The zero-order valence-corrected chi connectivity index (χ0v) is 17.1. The molecule has 0 saturated carbocycles. The van der Waals surface area contributed by atoms with Gasteiger partial charge in [-0.3, -0.25) is 19.4 Å². The van der Waals surface area contributed by atoms with Gasteiger partial charge in [-0.1, -0.05) is 0 Å². The Kier molecular flexibility index (Phi) is 5.82. The first-order chi connectivity index (χ1) is 14.6. The number of ether oxygens (including phenoxy) is 2. The number of hydrogen-bond acceptors (Lipinski definition) is 7. The first-order valence-electron chi connectivity index (χ1n) is 9.91. The lowest BCUT2D eigenvalue weighted by Crippen LogP contribution is -2.28. The van der Waals surface area contributed by atoms with Crippen LogP contribution in [-0.2, 0) is 6.54 Å². The van der Waals surface area contributed by atoms with E-state index in [-0.39, 0.29) is 10.6 Å². The van der Waals surface area contributed by atoms with Crippen LogP contribution in [0.15, 0.2) is 36.5 Å². The molecule has 0 unspecified atom stereocenters. The fourth-order valence-electron chi connectivity index (χ4n) is 3.83. The third-order valence-corrected chi connectivity index (χ3v) is 5.38. The van der Waals surface area contributed by atoms with Gasteiger partial charge in [0, 0.05) is 31.3 Å². The molecule has 3 heterocycles. The summed E-state index contributed by atoms with van der Waals surface area (Å²) in [5.41, 5.74) is 3.11. The molecule has 1 aliphatic rings. The fourth-order valence-corrected chi connectivity index (χ4v) is 3.83. The Hall–Kier alpha value is -3.17. The van der Waals surface area contributed by atoms with Gasteiger partial charge >= 0.3 is 0 Å². The molecule has 0 atom stereocenters. The van der Waals surface area contributed by atoms with Crippen molar-refractivity contribution in [2.24, 2.45) is 0 Å². The predicted octanol–water partition coefficient (Wildman–Crippen LogP) is 2.72. The highest BCUT2D eigenvalue weighted by atomic mass is 16.6. The van der Waals surface area contributed by atoms with Crippen molar-refractivity contribution in [2.45, 2.75) is 13.0 Å². The van der Waals surface area contributed by atoms with Crippen molar-refractivity contribution in [3.63, 3.8) is 0 Å². The molecule has 0 amide bonds. The van der Waals surface area contributed by atoms with Gasteiger partial charge in [0.1, 0.15) is 17.1 Å². The van der Waals surface area contributed by atoms with Crippen LogP contribution in [0.2, 0.25) is 0 Å². The maximum atomic E-state index is 11.4. The van der Waals surface area contributed by atoms with E-state index < -0.39 is 0 Å². The van der Waals surface area contributed by atoms with E-state index >= 15 is 0 Å². The molecule has 1 aliphatic heterocycles. The van der Waals surface area contributed by atoms with E-state index in [9.17, 15) is 10.1 Å². The summed E-state index contributed by atoms with van der Waals surface area (Å²) < 4.78 is 12.8. The van der Waals surface area contributed by atoms with Gasteiger partial charge < -0.3 is 14.8 Å². The molecular weight excluding hydrogens is 386 g/mol. The van der Waals surface area contributed by atoms with Gasteiger partial charge in [0.05, 0.1) is 36.7 Å². The summed E-state index contributed by atoms with van der Waals surface area (Å²) in [4.78, 5) is 18.1. The second-order valence-electron chi connectivity index (χ2n) is 7.23. The Morgan fingerprint density at radius 3 is 2.80 bits per heavy atom. The van der Waals surface area contributed by atoms with E-state index in [1.165, 1.54) is 6.07 Å². The zero-order valence-electron chi connectivity index (χ0n) is 17.1. The highest BCUT2D eigenvalue weighted by molar-refractivity contribution is 5.74. The lowest BCUT2D eigenvalue weighted by Gasteiger charge is -2.20. The standard InChI is InChI=1S/C21H25N5O4/c1-29-16-5-6-19(30-2)17(12-16)21-18(14-24-10-3-8-22-9-11-24)25-13-15(26(27)28)4-7-20(25)23-21/h4-7,12-13,22H,3,8-11,14H2,1-2H3. The van der Waals surface area contributed by atoms with Crippen LogP contribution in [0.25, 0.3) is 16.9 Å². The van der Waals surface area contributed by atoms with E-state index in [2.05, 4.69) is 10.2 Å². The van der Waals surface area contributed by atoms with Crippen LogP contribution >= 0.6 is 0 Å². The maximum absolute atomic E-state index is 11.4. The predicted molar refractivity (Wildman–Crippen MR) is 113 cm³/mol. The summed E-state index contributed by atoms with van der Waals surface area (Å²) in [5.74, 6) is 1.37. The second-order valence-corrected chi connectivity index (χ2v) is 7.23. The molecule has 158 valence electrons. The maximum Gasteiger partial charge on any atom is 0.286 e. The number of hydrogen-bond donors (Lipinski definition) is 1. The molecule has 4 rings (SSSR count). The molecule has 0 radical (unpaired) electrons. The van der Waals surface area contributed by atoms with Gasteiger partial charge in [-0.15, -0.1) is 0 Å². The molecule has 9 nitrogen and oxygen atoms in total. The number of aromatic nitrogens is 2. The van der Waals surface area contributed by atoms with Crippen molar-refractivity contribution in [3.05, 3.63) is 52.3 Å². The zero-order chi connectivity index (χ0) is 21.1. The molecule has 0 bridgehead atoms. The highest BCUT2D eigenvalue weighted by Gasteiger charge is 2.22. The number of rotatable bonds is 6. The summed E-state index contributed by atoms with van der Waals surface area (Å²) in [5, 5.41) is 14.8. The minimum atomic E-state index is -0.384. The average molecular weight is 411 g/mol.